The number of rotatable bonds is 5. The molecule has 2 N–H and O–H groups in total. The van der Waals surface area contributed by atoms with Gasteiger partial charge in [0, 0.05) is 31.3 Å². The Kier molecular flexibility index (Phi) is 5.83. The number of β-amino-alcohol motifs (C(OH)–C–C–N with tert-alkyl or cyclic N) is 1. The Morgan fingerprint density at radius 1 is 1.30 bits per heavy atom. The number of likely N-dealkylation sites (tertiary alicyclic amines) is 1. The number of hydrogen-bond donors (Lipinski definition) is 2. The first kappa shape index (κ1) is 19.0. The summed E-state index contributed by atoms with van der Waals surface area (Å²) < 4.78 is 4.82. The van der Waals surface area contributed by atoms with Gasteiger partial charge in [0.1, 0.15) is 6.04 Å². The summed E-state index contributed by atoms with van der Waals surface area (Å²) in [4.78, 5) is 30.2. The Hall–Kier alpha value is -2.77. The number of esters is 1. The zero-order chi connectivity index (χ0) is 19.4. The lowest BCUT2D eigenvalue weighted by molar-refractivity contribution is -0.146. The highest BCUT2D eigenvalue weighted by atomic mass is 16.5. The lowest BCUT2D eigenvalue weighted by Gasteiger charge is -2.22. The first-order valence-corrected chi connectivity index (χ1v) is 8.78. The van der Waals surface area contributed by atoms with Crippen LogP contribution in [0.4, 0.5) is 5.69 Å². The number of anilines is 1. The SMILES string of the molecule is COC(=O)[C@@H]1C[C@@H](O)CN1Cc1ccc(C(=O)Nc2cnccc2C)cc1. The zero-order valence-corrected chi connectivity index (χ0v) is 15.4. The number of methoxy groups -OCH3 is 1. The Labute approximate surface area is 158 Å². The van der Waals surface area contributed by atoms with Crippen LogP contribution in [0.3, 0.4) is 0 Å². The molecule has 0 saturated carbocycles. The predicted octanol–water partition coefficient (Wildman–Crippen LogP) is 1.75. The summed E-state index contributed by atoms with van der Waals surface area (Å²) in [5, 5.41) is 12.7. The molecule has 7 nitrogen and oxygen atoms in total. The van der Waals surface area contributed by atoms with Crippen LogP contribution in [0.5, 0.6) is 0 Å². The van der Waals surface area contributed by atoms with Gasteiger partial charge in [-0.15, -0.1) is 0 Å². The number of nitrogens with zero attached hydrogens (tertiary/aromatic N) is 2. The lowest BCUT2D eigenvalue weighted by Crippen LogP contribution is -2.36. The van der Waals surface area contributed by atoms with Gasteiger partial charge in [0.25, 0.3) is 5.91 Å². The maximum absolute atomic E-state index is 12.4. The number of carbonyl (C=O) groups is 2. The third-order valence-electron chi connectivity index (χ3n) is 4.74. The average Bonchev–Trinajstić information content (AvgIpc) is 3.03. The molecule has 2 atom stereocenters. The van der Waals surface area contributed by atoms with Crippen molar-refractivity contribution in [1.29, 1.82) is 0 Å². The summed E-state index contributed by atoms with van der Waals surface area (Å²) in [6.45, 7) is 2.82. The van der Waals surface area contributed by atoms with Gasteiger partial charge in [0.2, 0.25) is 0 Å². The smallest absolute Gasteiger partial charge is 0.323 e. The van der Waals surface area contributed by atoms with Crippen LogP contribution in [0.15, 0.2) is 42.7 Å². The van der Waals surface area contributed by atoms with Crippen LogP contribution in [-0.4, -0.2) is 52.7 Å². The minimum atomic E-state index is -0.540. The van der Waals surface area contributed by atoms with Crippen molar-refractivity contribution in [1.82, 2.24) is 9.88 Å². The van der Waals surface area contributed by atoms with Crippen LogP contribution >= 0.6 is 0 Å². The Morgan fingerprint density at radius 2 is 2.04 bits per heavy atom. The van der Waals surface area contributed by atoms with Crippen LogP contribution in [-0.2, 0) is 16.1 Å². The summed E-state index contributed by atoms with van der Waals surface area (Å²) in [7, 11) is 1.35. The standard InChI is InChI=1S/C20H23N3O4/c1-13-7-8-21-10-17(13)22-19(25)15-5-3-14(4-6-15)11-23-12-16(24)9-18(23)20(26)27-2/h3-8,10,16,18,24H,9,11-12H2,1-2H3,(H,22,25)/t16-,18+/m1/s1. The van der Waals surface area contributed by atoms with Gasteiger partial charge in [-0.1, -0.05) is 12.1 Å². The van der Waals surface area contributed by atoms with Gasteiger partial charge in [-0.25, -0.2) is 0 Å². The number of ether oxygens (including phenoxy) is 1. The molecule has 2 aromatic rings. The molecule has 7 heteroatoms. The van der Waals surface area contributed by atoms with E-state index in [1.165, 1.54) is 7.11 Å². The maximum Gasteiger partial charge on any atom is 0.323 e. The van der Waals surface area contributed by atoms with Crippen LogP contribution in [0.2, 0.25) is 0 Å². The monoisotopic (exact) mass is 369 g/mol. The largest absolute Gasteiger partial charge is 0.468 e. The van der Waals surface area contributed by atoms with E-state index in [9.17, 15) is 14.7 Å². The number of hydrogen-bond acceptors (Lipinski definition) is 6. The molecule has 1 saturated heterocycles. The summed E-state index contributed by atoms with van der Waals surface area (Å²) >= 11 is 0. The molecule has 1 aliphatic heterocycles. The van der Waals surface area contributed by atoms with E-state index in [1.54, 1.807) is 24.5 Å². The highest BCUT2D eigenvalue weighted by Crippen LogP contribution is 2.22. The second-order valence-electron chi connectivity index (χ2n) is 6.70. The molecular formula is C20H23N3O4. The fourth-order valence-corrected chi connectivity index (χ4v) is 3.22. The molecule has 0 unspecified atom stereocenters. The van der Waals surface area contributed by atoms with E-state index in [-0.39, 0.29) is 11.9 Å². The van der Waals surface area contributed by atoms with Gasteiger partial charge in [0.05, 0.1) is 25.1 Å². The van der Waals surface area contributed by atoms with Crippen LogP contribution in [0.1, 0.15) is 27.9 Å². The second-order valence-corrected chi connectivity index (χ2v) is 6.70. The molecule has 0 aliphatic carbocycles. The van der Waals surface area contributed by atoms with E-state index in [1.807, 2.05) is 30.0 Å². The van der Waals surface area contributed by atoms with Gasteiger partial charge in [-0.3, -0.25) is 19.5 Å². The normalized spacial score (nSPS) is 19.7. The van der Waals surface area contributed by atoms with E-state index in [0.29, 0.717) is 30.8 Å². The number of pyridine rings is 1. The topological polar surface area (TPSA) is 91.8 Å². The fraction of sp³-hybridized carbons (Fsp3) is 0.350. The Balaban J connectivity index is 1.65. The summed E-state index contributed by atoms with van der Waals surface area (Å²) in [5.74, 6) is -0.545. The van der Waals surface area contributed by atoms with Crippen LogP contribution in [0.25, 0.3) is 0 Å². The van der Waals surface area contributed by atoms with Crippen LogP contribution < -0.4 is 5.32 Å². The van der Waals surface area contributed by atoms with E-state index in [0.717, 1.165) is 11.1 Å². The molecule has 2 heterocycles. The molecule has 1 aromatic heterocycles. The van der Waals surface area contributed by atoms with Crippen molar-refractivity contribution in [3.8, 4) is 0 Å². The number of aliphatic hydroxyl groups is 1. The fourth-order valence-electron chi connectivity index (χ4n) is 3.22. The molecule has 142 valence electrons. The van der Waals surface area contributed by atoms with E-state index < -0.39 is 12.1 Å². The van der Waals surface area contributed by atoms with Crippen molar-refractivity contribution in [3.05, 3.63) is 59.4 Å². The minimum Gasteiger partial charge on any atom is -0.468 e. The van der Waals surface area contributed by atoms with E-state index >= 15 is 0 Å². The van der Waals surface area contributed by atoms with Crippen molar-refractivity contribution < 1.29 is 19.4 Å². The summed E-state index contributed by atoms with van der Waals surface area (Å²) in [6, 6.07) is 8.59. The minimum absolute atomic E-state index is 0.207. The first-order valence-electron chi connectivity index (χ1n) is 8.78. The van der Waals surface area contributed by atoms with Crippen LogP contribution in [0, 0.1) is 6.92 Å². The van der Waals surface area contributed by atoms with Crippen molar-refractivity contribution >= 4 is 17.6 Å². The second kappa shape index (κ2) is 8.28. The number of aromatic nitrogens is 1. The average molecular weight is 369 g/mol. The zero-order valence-electron chi connectivity index (χ0n) is 15.4. The molecule has 3 rings (SSSR count). The number of aliphatic hydroxyl groups excluding tert-OH is 1. The van der Waals surface area contributed by atoms with Gasteiger partial charge in [-0.05, 0) is 36.2 Å². The molecule has 27 heavy (non-hydrogen) atoms. The Bertz CT molecular complexity index is 822. The molecule has 0 bridgehead atoms. The number of amides is 1. The number of aryl methyl sites for hydroxylation is 1. The lowest BCUT2D eigenvalue weighted by atomic mass is 10.1. The van der Waals surface area contributed by atoms with Gasteiger partial charge >= 0.3 is 5.97 Å². The highest BCUT2D eigenvalue weighted by Gasteiger charge is 2.36. The van der Waals surface area contributed by atoms with Gasteiger partial charge in [0.15, 0.2) is 0 Å². The molecule has 0 radical (unpaired) electrons. The molecule has 0 spiro atoms. The number of nitrogens with one attached hydrogen (secondary N) is 1. The van der Waals surface area contributed by atoms with Crippen molar-refractivity contribution in [2.45, 2.75) is 32.0 Å². The van der Waals surface area contributed by atoms with Crippen molar-refractivity contribution in [3.63, 3.8) is 0 Å². The van der Waals surface area contributed by atoms with Crippen molar-refractivity contribution in [2.24, 2.45) is 0 Å². The molecule has 1 amide bonds. The first-order chi connectivity index (χ1) is 13.0. The molecular weight excluding hydrogens is 346 g/mol. The predicted molar refractivity (Wildman–Crippen MR) is 100 cm³/mol. The summed E-state index contributed by atoms with van der Waals surface area (Å²) in [6.07, 6.45) is 3.13. The van der Waals surface area contributed by atoms with Gasteiger partial charge < -0.3 is 15.2 Å². The third kappa shape index (κ3) is 4.50. The third-order valence-corrected chi connectivity index (χ3v) is 4.74. The van der Waals surface area contributed by atoms with E-state index in [2.05, 4.69) is 10.3 Å². The highest BCUT2D eigenvalue weighted by molar-refractivity contribution is 6.04. The molecule has 1 aromatic carbocycles. The number of carbonyl (C=O) groups excluding carboxylic acids is 2. The maximum atomic E-state index is 12.4. The van der Waals surface area contributed by atoms with Crippen molar-refractivity contribution in [2.75, 3.05) is 19.0 Å². The quantitative estimate of drug-likeness (QED) is 0.780. The molecule has 1 aliphatic rings. The summed E-state index contributed by atoms with van der Waals surface area (Å²) in [5.41, 5.74) is 3.11. The Morgan fingerprint density at radius 3 is 2.70 bits per heavy atom. The van der Waals surface area contributed by atoms with Gasteiger partial charge in [-0.2, -0.15) is 0 Å². The number of benzene rings is 1. The molecule has 1 fully saturated rings. The van der Waals surface area contributed by atoms with E-state index in [4.69, 9.17) is 4.74 Å².